The fourth-order valence-corrected chi connectivity index (χ4v) is 6.57. The van der Waals surface area contributed by atoms with Gasteiger partial charge in [0.15, 0.2) is 0 Å². The van der Waals surface area contributed by atoms with Crippen molar-refractivity contribution in [1.82, 2.24) is 20.5 Å². The van der Waals surface area contributed by atoms with Crippen molar-refractivity contribution in [3.63, 3.8) is 0 Å². The lowest BCUT2D eigenvalue weighted by Crippen LogP contribution is -2.60. The molecule has 1 aliphatic heterocycles. The molecule has 0 spiro atoms. The number of H-pyrrole nitrogens is 1. The second-order valence-electron chi connectivity index (χ2n) is 11.2. The van der Waals surface area contributed by atoms with Gasteiger partial charge >= 0.3 is 0 Å². The fourth-order valence-electron chi connectivity index (χ4n) is 5.43. The van der Waals surface area contributed by atoms with Crippen molar-refractivity contribution < 1.29 is 17.5 Å². The molecule has 1 saturated heterocycles. The summed E-state index contributed by atoms with van der Waals surface area (Å²) < 4.78 is 48.3. The van der Waals surface area contributed by atoms with Gasteiger partial charge in [0.1, 0.15) is 16.8 Å². The number of pyridine rings is 1. The van der Waals surface area contributed by atoms with Crippen LogP contribution in [0, 0.1) is 12.7 Å². The van der Waals surface area contributed by atoms with E-state index >= 15 is 0 Å². The maximum Gasteiger partial charge on any atom is 0.264 e. The minimum atomic E-state index is -4.07. The van der Waals surface area contributed by atoms with Gasteiger partial charge < -0.3 is 10.1 Å². The number of nitrogens with zero attached hydrogens (tertiary/aromatic N) is 2. The third kappa shape index (κ3) is 5.37. The molecule has 10 heteroatoms. The van der Waals surface area contributed by atoms with Crippen LogP contribution in [-0.2, 0) is 10.0 Å². The monoisotopic (exact) mass is 537 g/mol. The van der Waals surface area contributed by atoms with Crippen molar-refractivity contribution in [2.45, 2.75) is 69.5 Å². The molecule has 3 N–H and O–H groups in total. The zero-order valence-corrected chi connectivity index (χ0v) is 22.9. The zero-order chi connectivity index (χ0) is 27.3. The van der Waals surface area contributed by atoms with Crippen LogP contribution < -0.4 is 14.8 Å². The molecular weight excluding hydrogens is 505 g/mol. The van der Waals surface area contributed by atoms with E-state index in [-0.39, 0.29) is 17.2 Å². The van der Waals surface area contributed by atoms with E-state index in [4.69, 9.17) is 9.72 Å². The maximum absolute atomic E-state index is 14.0. The van der Waals surface area contributed by atoms with Gasteiger partial charge in [-0.25, -0.2) is 17.8 Å². The highest BCUT2D eigenvalue weighted by Crippen LogP contribution is 2.35. The van der Waals surface area contributed by atoms with Crippen molar-refractivity contribution in [3.05, 3.63) is 66.1 Å². The van der Waals surface area contributed by atoms with Crippen molar-refractivity contribution in [2.24, 2.45) is 0 Å². The number of aromatic nitrogens is 3. The number of aryl methyl sites for hydroxylation is 1. The average molecular weight is 538 g/mol. The summed E-state index contributed by atoms with van der Waals surface area (Å²) in [7, 11) is -4.07. The molecule has 0 amide bonds. The first-order valence-corrected chi connectivity index (χ1v) is 14.0. The van der Waals surface area contributed by atoms with Gasteiger partial charge in [0.2, 0.25) is 5.88 Å². The van der Waals surface area contributed by atoms with Crippen molar-refractivity contribution >= 4 is 26.6 Å². The molecule has 1 fully saturated rings. The lowest BCUT2D eigenvalue weighted by atomic mass is 9.81. The zero-order valence-electron chi connectivity index (χ0n) is 22.1. The molecule has 1 aliphatic rings. The summed E-state index contributed by atoms with van der Waals surface area (Å²) in [6, 6.07) is 13.9. The van der Waals surface area contributed by atoms with Crippen molar-refractivity contribution in [2.75, 3.05) is 4.72 Å². The first-order valence-electron chi connectivity index (χ1n) is 12.5. The van der Waals surface area contributed by atoms with Crippen LogP contribution in [0.4, 0.5) is 10.1 Å². The molecule has 8 nitrogen and oxygen atoms in total. The Balaban J connectivity index is 1.44. The first kappa shape index (κ1) is 26.1. The highest BCUT2D eigenvalue weighted by Gasteiger charge is 2.39. The molecule has 0 aliphatic carbocycles. The largest absolute Gasteiger partial charge is 0.474 e. The quantitative estimate of drug-likeness (QED) is 0.297. The van der Waals surface area contributed by atoms with E-state index in [1.807, 2.05) is 13.0 Å². The van der Waals surface area contributed by atoms with Crippen LogP contribution in [0.25, 0.3) is 22.2 Å². The number of aromatic amines is 1. The van der Waals surface area contributed by atoms with Gasteiger partial charge in [-0.2, -0.15) is 5.10 Å². The number of fused-ring (bicyclic) bond motifs is 1. The van der Waals surface area contributed by atoms with Gasteiger partial charge in [0.05, 0.1) is 16.6 Å². The summed E-state index contributed by atoms with van der Waals surface area (Å²) in [6.45, 7) is 10.6. The van der Waals surface area contributed by atoms with E-state index in [9.17, 15) is 12.8 Å². The van der Waals surface area contributed by atoms with E-state index in [0.717, 1.165) is 41.1 Å². The number of halogens is 1. The summed E-state index contributed by atoms with van der Waals surface area (Å²) in [5.74, 6) is -0.289. The van der Waals surface area contributed by atoms with Crippen LogP contribution >= 0.6 is 0 Å². The van der Waals surface area contributed by atoms with Gasteiger partial charge in [-0.05, 0) is 65.0 Å². The number of piperidine rings is 1. The van der Waals surface area contributed by atoms with Crippen LogP contribution in [0.1, 0.15) is 46.2 Å². The van der Waals surface area contributed by atoms with Gasteiger partial charge in [0.25, 0.3) is 10.0 Å². The lowest BCUT2D eigenvalue weighted by Gasteiger charge is -2.46. The molecule has 2 aromatic carbocycles. The summed E-state index contributed by atoms with van der Waals surface area (Å²) in [5, 5.41) is 12.0. The van der Waals surface area contributed by atoms with Crippen LogP contribution in [-0.4, -0.2) is 40.8 Å². The Hall–Kier alpha value is -3.50. The second-order valence-corrected chi connectivity index (χ2v) is 12.9. The molecular formula is C28H32FN5O3S. The summed E-state index contributed by atoms with van der Waals surface area (Å²) in [5.41, 5.74) is 3.16. The highest BCUT2D eigenvalue weighted by molar-refractivity contribution is 7.92. The summed E-state index contributed by atoms with van der Waals surface area (Å²) >= 11 is 0. The smallest absolute Gasteiger partial charge is 0.264 e. The topological polar surface area (TPSA) is 109 Å². The lowest BCUT2D eigenvalue weighted by molar-refractivity contribution is 0.0541. The average Bonchev–Trinajstić information content (AvgIpc) is 3.18. The van der Waals surface area contributed by atoms with Gasteiger partial charge in [-0.15, -0.1) is 0 Å². The summed E-state index contributed by atoms with van der Waals surface area (Å²) in [6.07, 6.45) is 1.63. The number of hydrogen-bond acceptors (Lipinski definition) is 6. The molecule has 38 heavy (non-hydrogen) atoms. The van der Waals surface area contributed by atoms with Crippen LogP contribution in [0.2, 0.25) is 0 Å². The van der Waals surface area contributed by atoms with Crippen molar-refractivity contribution in [1.29, 1.82) is 0 Å². The third-order valence-electron chi connectivity index (χ3n) is 6.67. The van der Waals surface area contributed by atoms with Gasteiger partial charge in [-0.3, -0.25) is 9.82 Å². The Kier molecular flexibility index (Phi) is 6.43. The fraction of sp³-hybridized carbons (Fsp3) is 0.357. The van der Waals surface area contributed by atoms with E-state index < -0.39 is 20.7 Å². The molecule has 0 atom stereocenters. The Bertz CT molecular complexity index is 1580. The molecule has 0 bridgehead atoms. The number of anilines is 1. The van der Waals surface area contributed by atoms with Crippen LogP contribution in [0.15, 0.2) is 59.5 Å². The van der Waals surface area contributed by atoms with E-state index in [1.54, 1.807) is 24.3 Å². The third-order valence-corrected chi connectivity index (χ3v) is 8.09. The number of hydrogen-bond donors (Lipinski definition) is 3. The van der Waals surface area contributed by atoms with Gasteiger partial charge in [0, 0.05) is 40.9 Å². The Morgan fingerprint density at radius 2 is 1.68 bits per heavy atom. The predicted octanol–water partition coefficient (Wildman–Crippen LogP) is 5.56. The molecule has 200 valence electrons. The number of rotatable bonds is 6. The Morgan fingerprint density at radius 1 is 1.03 bits per heavy atom. The minimum Gasteiger partial charge on any atom is -0.474 e. The molecule has 2 aromatic heterocycles. The number of benzene rings is 2. The summed E-state index contributed by atoms with van der Waals surface area (Å²) in [4.78, 5) is 4.46. The predicted molar refractivity (Wildman–Crippen MR) is 146 cm³/mol. The number of sulfonamides is 1. The molecule has 0 unspecified atom stereocenters. The first-order chi connectivity index (χ1) is 17.8. The van der Waals surface area contributed by atoms with Crippen molar-refractivity contribution in [3.8, 4) is 17.1 Å². The van der Waals surface area contributed by atoms with E-state index in [0.29, 0.717) is 17.3 Å². The highest BCUT2D eigenvalue weighted by atomic mass is 32.2. The normalized spacial score (nSPS) is 17.4. The molecule has 5 rings (SSSR count). The van der Waals surface area contributed by atoms with Gasteiger partial charge in [-0.1, -0.05) is 24.3 Å². The van der Waals surface area contributed by atoms with Crippen LogP contribution in [0.3, 0.4) is 0 Å². The SMILES string of the molecule is Cc1[nH]nc2cc(-c3ccc(NS(=O)(=O)c4ccccc4F)cc3)nc(OC3CC(C)(C)NC(C)(C)C3)c12. The minimum absolute atomic E-state index is 0.0309. The molecule has 0 saturated carbocycles. The molecule has 3 heterocycles. The molecule has 4 aromatic rings. The van der Waals surface area contributed by atoms with Crippen LogP contribution in [0.5, 0.6) is 5.88 Å². The second kappa shape index (κ2) is 9.36. The number of ether oxygens (including phenoxy) is 1. The number of nitrogens with one attached hydrogen (secondary N) is 3. The van der Waals surface area contributed by atoms with E-state index in [2.05, 4.69) is 47.9 Å². The Labute approximate surface area is 222 Å². The molecule has 0 radical (unpaired) electrons. The standard InChI is InChI=1S/C28H32FN5O3S/c1-17-25-23(32-31-17)14-22(30-26(25)37-20-15-27(2,3)34-28(4,5)16-20)18-10-12-19(13-11-18)33-38(35,36)24-9-7-6-8-21(24)29/h6-14,20,33-34H,15-16H2,1-5H3,(H,31,32). The Morgan fingerprint density at radius 3 is 2.34 bits per heavy atom. The maximum atomic E-state index is 14.0. The van der Waals surface area contributed by atoms with E-state index in [1.165, 1.54) is 18.2 Å².